The second-order valence-electron chi connectivity index (χ2n) is 10.0. The van der Waals surface area contributed by atoms with Gasteiger partial charge in [-0.2, -0.15) is 0 Å². The number of hydrogen-bond donors (Lipinski definition) is 1. The minimum atomic E-state index is -0.578. The zero-order valence-corrected chi connectivity index (χ0v) is 20.6. The van der Waals surface area contributed by atoms with E-state index in [9.17, 15) is 9.90 Å². The zero-order valence-electron chi connectivity index (χ0n) is 20.6. The molecule has 1 aliphatic rings. The van der Waals surface area contributed by atoms with E-state index in [0.29, 0.717) is 17.9 Å². The van der Waals surface area contributed by atoms with E-state index in [4.69, 9.17) is 9.82 Å². The Balaban J connectivity index is 1.91. The standard InChI is InChI=1S/C26H41N3O3/c1-6-21(30)18-32-28(5)24(31)20-14-15-23-22(16-20)27-25(26(3,4)7-2)29(23)17-19-12-10-8-9-11-13-19/h14-16,19,21,30H,6-13,17-18H2,1-5H3. The predicted octanol–water partition coefficient (Wildman–Crippen LogP) is 5.47. The van der Waals surface area contributed by atoms with Crippen LogP contribution in [0.25, 0.3) is 11.0 Å². The lowest BCUT2D eigenvalue weighted by Crippen LogP contribution is -2.30. The highest BCUT2D eigenvalue weighted by Crippen LogP contribution is 2.33. The zero-order chi connectivity index (χ0) is 23.3. The summed E-state index contributed by atoms with van der Waals surface area (Å²) in [6.07, 6.45) is 8.93. The van der Waals surface area contributed by atoms with Crippen LogP contribution in [0, 0.1) is 5.92 Å². The Morgan fingerprint density at radius 3 is 2.56 bits per heavy atom. The molecular weight excluding hydrogens is 402 g/mol. The van der Waals surface area contributed by atoms with Crippen molar-refractivity contribution in [2.24, 2.45) is 5.92 Å². The molecule has 1 amide bonds. The first-order valence-electron chi connectivity index (χ1n) is 12.4. The third-order valence-electron chi connectivity index (χ3n) is 7.12. The summed E-state index contributed by atoms with van der Waals surface area (Å²) in [5.41, 5.74) is 2.48. The van der Waals surface area contributed by atoms with Crippen molar-refractivity contribution >= 4 is 16.9 Å². The van der Waals surface area contributed by atoms with E-state index in [1.807, 2.05) is 25.1 Å². The van der Waals surface area contributed by atoms with Crippen molar-refractivity contribution in [1.82, 2.24) is 14.6 Å². The van der Waals surface area contributed by atoms with Gasteiger partial charge in [-0.25, -0.2) is 10.0 Å². The molecule has 0 saturated heterocycles. The minimum absolute atomic E-state index is 0.0376. The van der Waals surface area contributed by atoms with Crippen molar-refractivity contribution in [3.63, 3.8) is 0 Å². The van der Waals surface area contributed by atoms with Gasteiger partial charge in [0, 0.05) is 24.6 Å². The first kappa shape index (κ1) is 24.7. The minimum Gasteiger partial charge on any atom is -0.391 e. The Labute approximate surface area is 192 Å². The van der Waals surface area contributed by atoms with Gasteiger partial charge in [-0.3, -0.25) is 9.63 Å². The second-order valence-corrected chi connectivity index (χ2v) is 10.0. The molecule has 1 aliphatic carbocycles. The molecule has 1 saturated carbocycles. The summed E-state index contributed by atoms with van der Waals surface area (Å²) in [6, 6.07) is 5.79. The van der Waals surface area contributed by atoms with E-state index in [-0.39, 0.29) is 17.9 Å². The number of hydrogen-bond acceptors (Lipinski definition) is 4. The topological polar surface area (TPSA) is 67.6 Å². The maximum Gasteiger partial charge on any atom is 0.277 e. The Morgan fingerprint density at radius 1 is 1.25 bits per heavy atom. The molecule has 1 atom stereocenters. The monoisotopic (exact) mass is 443 g/mol. The van der Waals surface area contributed by atoms with Crippen LogP contribution in [-0.2, 0) is 16.8 Å². The van der Waals surface area contributed by atoms with Gasteiger partial charge in [-0.05, 0) is 49.8 Å². The molecule has 1 aromatic carbocycles. The smallest absolute Gasteiger partial charge is 0.277 e. The van der Waals surface area contributed by atoms with Gasteiger partial charge in [0.1, 0.15) is 12.4 Å². The fourth-order valence-corrected chi connectivity index (χ4v) is 4.48. The third kappa shape index (κ3) is 5.70. The lowest BCUT2D eigenvalue weighted by molar-refractivity contribution is -0.130. The van der Waals surface area contributed by atoms with Crippen LogP contribution in [0.2, 0.25) is 0 Å². The number of nitrogens with zero attached hydrogens (tertiary/aromatic N) is 3. The summed E-state index contributed by atoms with van der Waals surface area (Å²) in [7, 11) is 1.59. The molecule has 1 heterocycles. The molecule has 6 nitrogen and oxygen atoms in total. The van der Waals surface area contributed by atoms with Gasteiger partial charge in [0.05, 0.1) is 17.1 Å². The van der Waals surface area contributed by atoms with Crippen LogP contribution in [0.1, 0.15) is 95.2 Å². The van der Waals surface area contributed by atoms with Crippen LogP contribution in [0.4, 0.5) is 0 Å². The van der Waals surface area contributed by atoms with Crippen molar-refractivity contribution in [2.45, 2.75) is 97.1 Å². The summed E-state index contributed by atoms with van der Waals surface area (Å²) < 4.78 is 2.42. The molecule has 0 bridgehead atoms. The second kappa shape index (κ2) is 10.8. The van der Waals surface area contributed by atoms with Crippen LogP contribution in [0.15, 0.2) is 18.2 Å². The van der Waals surface area contributed by atoms with Crippen LogP contribution in [0.5, 0.6) is 0 Å². The molecule has 0 spiro atoms. The number of rotatable bonds is 9. The normalized spacial score (nSPS) is 16.8. The molecule has 6 heteroatoms. The maximum absolute atomic E-state index is 12.9. The largest absolute Gasteiger partial charge is 0.391 e. The number of carbonyl (C=O) groups excluding carboxylic acids is 1. The quantitative estimate of drug-likeness (QED) is 0.412. The Morgan fingerprint density at radius 2 is 1.94 bits per heavy atom. The highest BCUT2D eigenvalue weighted by atomic mass is 16.7. The molecular formula is C26H41N3O3. The van der Waals surface area contributed by atoms with Crippen LogP contribution in [0.3, 0.4) is 0 Å². The van der Waals surface area contributed by atoms with Crippen LogP contribution in [-0.4, -0.2) is 45.4 Å². The molecule has 2 aromatic rings. The average Bonchev–Trinajstić information content (AvgIpc) is 2.96. The fourth-order valence-electron chi connectivity index (χ4n) is 4.48. The molecule has 0 radical (unpaired) electrons. The van der Waals surface area contributed by atoms with Crippen molar-refractivity contribution in [3.8, 4) is 0 Å². The summed E-state index contributed by atoms with van der Waals surface area (Å²) in [5.74, 6) is 1.57. The van der Waals surface area contributed by atoms with Gasteiger partial charge in [0.15, 0.2) is 0 Å². The van der Waals surface area contributed by atoms with Crippen molar-refractivity contribution < 1.29 is 14.7 Å². The van der Waals surface area contributed by atoms with Crippen molar-refractivity contribution in [2.75, 3.05) is 13.7 Å². The number of hydroxylamine groups is 2. The molecule has 3 rings (SSSR count). The number of benzene rings is 1. The molecule has 1 N–H and O–H groups in total. The summed E-state index contributed by atoms with van der Waals surface area (Å²) in [4.78, 5) is 23.4. The average molecular weight is 444 g/mol. The van der Waals surface area contributed by atoms with Gasteiger partial charge in [0.2, 0.25) is 0 Å². The molecule has 1 aromatic heterocycles. The van der Waals surface area contributed by atoms with E-state index in [0.717, 1.165) is 29.8 Å². The molecule has 1 fully saturated rings. The lowest BCUT2D eigenvalue weighted by atomic mass is 9.89. The Hall–Kier alpha value is -1.92. The number of aromatic nitrogens is 2. The molecule has 1 unspecified atom stereocenters. The van der Waals surface area contributed by atoms with E-state index in [2.05, 4.69) is 25.3 Å². The number of amides is 1. The number of carbonyl (C=O) groups is 1. The van der Waals surface area contributed by atoms with E-state index in [1.54, 1.807) is 7.05 Å². The summed E-state index contributed by atoms with van der Waals surface area (Å²) in [6.45, 7) is 9.70. The first-order chi connectivity index (χ1) is 15.3. The van der Waals surface area contributed by atoms with Gasteiger partial charge in [-0.15, -0.1) is 0 Å². The third-order valence-corrected chi connectivity index (χ3v) is 7.12. The van der Waals surface area contributed by atoms with E-state index in [1.165, 1.54) is 43.6 Å². The predicted molar refractivity (Wildman–Crippen MR) is 129 cm³/mol. The Bertz CT molecular complexity index is 897. The van der Waals surface area contributed by atoms with Gasteiger partial charge < -0.3 is 9.67 Å². The van der Waals surface area contributed by atoms with Gasteiger partial charge in [0.25, 0.3) is 5.91 Å². The number of aliphatic hydroxyl groups excluding tert-OH is 1. The molecule has 0 aliphatic heterocycles. The molecule has 178 valence electrons. The maximum atomic E-state index is 12.9. The highest BCUT2D eigenvalue weighted by molar-refractivity contribution is 5.96. The Kier molecular flexibility index (Phi) is 8.34. The highest BCUT2D eigenvalue weighted by Gasteiger charge is 2.28. The van der Waals surface area contributed by atoms with Crippen molar-refractivity contribution in [1.29, 1.82) is 0 Å². The van der Waals surface area contributed by atoms with Gasteiger partial charge >= 0.3 is 0 Å². The summed E-state index contributed by atoms with van der Waals surface area (Å²) >= 11 is 0. The van der Waals surface area contributed by atoms with Crippen LogP contribution >= 0.6 is 0 Å². The number of imidazole rings is 1. The summed E-state index contributed by atoms with van der Waals surface area (Å²) in [5, 5.41) is 10.9. The van der Waals surface area contributed by atoms with Gasteiger partial charge in [-0.1, -0.05) is 53.4 Å². The number of fused-ring (bicyclic) bond motifs is 1. The SMILES string of the molecule is CCC(O)CON(C)C(=O)c1ccc2c(c1)nc(C(C)(C)CC)n2CC1CCCCCC1. The van der Waals surface area contributed by atoms with E-state index >= 15 is 0 Å². The van der Waals surface area contributed by atoms with Crippen molar-refractivity contribution in [3.05, 3.63) is 29.6 Å². The molecule has 32 heavy (non-hydrogen) atoms. The lowest BCUT2D eigenvalue weighted by Gasteiger charge is -2.26. The first-order valence-corrected chi connectivity index (χ1v) is 12.4. The number of aliphatic hydroxyl groups is 1. The fraction of sp³-hybridized carbons (Fsp3) is 0.692. The van der Waals surface area contributed by atoms with E-state index < -0.39 is 6.10 Å². The van der Waals surface area contributed by atoms with Crippen LogP contribution < -0.4 is 0 Å².